The number of pyridine rings is 1. The zero-order valence-corrected chi connectivity index (χ0v) is 10.6. The summed E-state index contributed by atoms with van der Waals surface area (Å²) in [6.45, 7) is 2.01. The van der Waals surface area contributed by atoms with E-state index in [1.54, 1.807) is 0 Å². The zero-order chi connectivity index (χ0) is 12.5. The van der Waals surface area contributed by atoms with Crippen LogP contribution in [-0.4, -0.2) is 9.97 Å². The molecule has 0 saturated carbocycles. The number of fused-ring (bicyclic) bond motifs is 1. The summed E-state index contributed by atoms with van der Waals surface area (Å²) in [4.78, 5) is 7.57. The Balaban J connectivity index is 1.95. The number of aryl methyl sites for hydroxylation is 1. The van der Waals surface area contributed by atoms with Crippen molar-refractivity contribution >= 4 is 34.1 Å². The summed E-state index contributed by atoms with van der Waals surface area (Å²) in [6, 6.07) is 11.8. The Hall–Kier alpha value is -2.00. The Morgan fingerprint density at radius 3 is 2.89 bits per heavy atom. The molecule has 0 aliphatic heterocycles. The lowest BCUT2D eigenvalue weighted by Crippen LogP contribution is -1.94. The van der Waals surface area contributed by atoms with Gasteiger partial charge in [-0.1, -0.05) is 11.6 Å². The number of benzene rings is 1. The van der Waals surface area contributed by atoms with Crippen molar-refractivity contribution in [3.05, 3.63) is 53.2 Å². The second kappa shape index (κ2) is 4.35. The van der Waals surface area contributed by atoms with Crippen LogP contribution in [0.4, 0.5) is 11.5 Å². The lowest BCUT2D eigenvalue weighted by molar-refractivity contribution is 1.31. The molecule has 3 rings (SSSR count). The summed E-state index contributed by atoms with van der Waals surface area (Å²) < 4.78 is 0. The molecule has 0 saturated heterocycles. The van der Waals surface area contributed by atoms with Crippen molar-refractivity contribution in [1.82, 2.24) is 9.97 Å². The van der Waals surface area contributed by atoms with E-state index in [9.17, 15) is 0 Å². The van der Waals surface area contributed by atoms with Crippen LogP contribution in [-0.2, 0) is 0 Å². The molecular weight excluding hydrogens is 246 g/mol. The van der Waals surface area contributed by atoms with Gasteiger partial charge in [-0.3, -0.25) is 0 Å². The van der Waals surface area contributed by atoms with Gasteiger partial charge < -0.3 is 10.3 Å². The number of hydrogen-bond donors (Lipinski definition) is 2. The van der Waals surface area contributed by atoms with Crippen LogP contribution in [0.2, 0.25) is 5.02 Å². The van der Waals surface area contributed by atoms with Gasteiger partial charge in [0.2, 0.25) is 0 Å². The van der Waals surface area contributed by atoms with E-state index in [0.29, 0.717) is 0 Å². The van der Waals surface area contributed by atoms with Gasteiger partial charge in [0, 0.05) is 22.3 Å². The lowest BCUT2D eigenvalue weighted by Gasteiger charge is -2.07. The first-order valence-electron chi connectivity index (χ1n) is 5.69. The maximum atomic E-state index is 6.03. The Bertz CT molecular complexity index is 683. The van der Waals surface area contributed by atoms with Crippen molar-refractivity contribution in [2.75, 3.05) is 5.32 Å². The average Bonchev–Trinajstić information content (AvgIpc) is 2.74. The molecule has 3 aromatic rings. The van der Waals surface area contributed by atoms with Crippen molar-refractivity contribution in [2.45, 2.75) is 6.92 Å². The predicted molar refractivity (Wildman–Crippen MR) is 75.6 cm³/mol. The number of anilines is 2. The number of halogens is 1. The highest BCUT2D eigenvalue weighted by Gasteiger charge is 2.01. The van der Waals surface area contributed by atoms with E-state index in [0.717, 1.165) is 33.1 Å². The van der Waals surface area contributed by atoms with Crippen LogP contribution in [0.15, 0.2) is 42.6 Å². The van der Waals surface area contributed by atoms with Gasteiger partial charge >= 0.3 is 0 Å². The first-order valence-corrected chi connectivity index (χ1v) is 6.07. The van der Waals surface area contributed by atoms with Crippen molar-refractivity contribution < 1.29 is 0 Å². The van der Waals surface area contributed by atoms with Gasteiger partial charge in [0.1, 0.15) is 11.5 Å². The fraction of sp³-hybridized carbons (Fsp3) is 0.0714. The molecule has 2 N–H and O–H groups in total. The van der Waals surface area contributed by atoms with Gasteiger partial charge in [0.05, 0.1) is 0 Å². The standard InChI is InChI=1S/C14H12ClN3/c1-9-6-11(15)8-12(7-9)17-13-3-2-10-4-5-16-14(10)18-13/h2-8H,1H3,(H2,16,17,18). The Morgan fingerprint density at radius 2 is 2.06 bits per heavy atom. The molecule has 0 unspecified atom stereocenters. The number of nitrogens with one attached hydrogen (secondary N) is 2. The van der Waals surface area contributed by atoms with Gasteiger partial charge in [-0.05, 0) is 48.9 Å². The first-order chi connectivity index (χ1) is 8.70. The van der Waals surface area contributed by atoms with Crippen LogP contribution >= 0.6 is 11.6 Å². The number of nitrogens with zero attached hydrogens (tertiary/aromatic N) is 1. The number of aromatic nitrogens is 2. The van der Waals surface area contributed by atoms with Gasteiger partial charge in [0.25, 0.3) is 0 Å². The number of H-pyrrole nitrogens is 1. The van der Waals surface area contributed by atoms with Crippen molar-refractivity contribution in [3.63, 3.8) is 0 Å². The fourth-order valence-electron chi connectivity index (χ4n) is 1.96. The van der Waals surface area contributed by atoms with E-state index in [1.807, 2.05) is 49.5 Å². The van der Waals surface area contributed by atoms with Crippen LogP contribution in [0.3, 0.4) is 0 Å². The molecule has 0 amide bonds. The van der Waals surface area contributed by atoms with Crippen molar-refractivity contribution in [2.24, 2.45) is 0 Å². The van der Waals surface area contributed by atoms with E-state index >= 15 is 0 Å². The van der Waals surface area contributed by atoms with Crippen LogP contribution in [0, 0.1) is 6.92 Å². The molecular formula is C14H12ClN3. The SMILES string of the molecule is Cc1cc(Cl)cc(Nc2ccc3cc[nH]c3n2)c1. The second-order valence-corrected chi connectivity index (χ2v) is 4.69. The largest absolute Gasteiger partial charge is 0.346 e. The van der Waals surface area contributed by atoms with Crippen LogP contribution in [0.1, 0.15) is 5.56 Å². The first kappa shape index (κ1) is 11.1. The molecule has 0 bridgehead atoms. The van der Waals surface area contributed by atoms with E-state index in [4.69, 9.17) is 11.6 Å². The summed E-state index contributed by atoms with van der Waals surface area (Å²) in [5.74, 6) is 0.798. The van der Waals surface area contributed by atoms with E-state index in [1.165, 1.54) is 0 Å². The predicted octanol–water partition coefficient (Wildman–Crippen LogP) is 4.27. The normalized spacial score (nSPS) is 10.8. The molecule has 3 nitrogen and oxygen atoms in total. The third kappa shape index (κ3) is 2.17. The Kier molecular flexibility index (Phi) is 2.68. The summed E-state index contributed by atoms with van der Waals surface area (Å²) in [7, 11) is 0. The number of hydrogen-bond acceptors (Lipinski definition) is 2. The molecule has 90 valence electrons. The summed E-state index contributed by atoms with van der Waals surface area (Å²) in [5, 5.41) is 5.07. The van der Waals surface area contributed by atoms with Gasteiger partial charge in [-0.15, -0.1) is 0 Å². The molecule has 0 radical (unpaired) electrons. The smallest absolute Gasteiger partial charge is 0.139 e. The molecule has 0 aliphatic rings. The van der Waals surface area contributed by atoms with E-state index in [-0.39, 0.29) is 0 Å². The number of aromatic amines is 1. The second-order valence-electron chi connectivity index (χ2n) is 4.25. The maximum absolute atomic E-state index is 6.03. The Labute approximate surface area is 110 Å². The molecule has 2 aromatic heterocycles. The van der Waals surface area contributed by atoms with Gasteiger partial charge in [-0.25, -0.2) is 4.98 Å². The highest BCUT2D eigenvalue weighted by molar-refractivity contribution is 6.30. The highest BCUT2D eigenvalue weighted by Crippen LogP contribution is 2.22. The van der Waals surface area contributed by atoms with Crippen LogP contribution < -0.4 is 5.32 Å². The topological polar surface area (TPSA) is 40.7 Å². The molecule has 0 atom stereocenters. The molecule has 2 heterocycles. The molecule has 1 aromatic carbocycles. The van der Waals surface area contributed by atoms with Crippen LogP contribution in [0.5, 0.6) is 0 Å². The minimum atomic E-state index is 0.721. The molecule has 4 heteroatoms. The van der Waals surface area contributed by atoms with Crippen molar-refractivity contribution in [1.29, 1.82) is 0 Å². The third-order valence-electron chi connectivity index (χ3n) is 2.72. The molecule has 0 fully saturated rings. The number of rotatable bonds is 2. The maximum Gasteiger partial charge on any atom is 0.139 e. The summed E-state index contributed by atoms with van der Waals surface area (Å²) in [6.07, 6.45) is 1.88. The minimum Gasteiger partial charge on any atom is -0.346 e. The summed E-state index contributed by atoms with van der Waals surface area (Å²) >= 11 is 6.03. The highest BCUT2D eigenvalue weighted by atomic mass is 35.5. The quantitative estimate of drug-likeness (QED) is 0.720. The Morgan fingerprint density at radius 1 is 1.17 bits per heavy atom. The average molecular weight is 258 g/mol. The monoisotopic (exact) mass is 257 g/mol. The van der Waals surface area contributed by atoms with Crippen LogP contribution in [0.25, 0.3) is 11.0 Å². The van der Waals surface area contributed by atoms with E-state index in [2.05, 4.69) is 15.3 Å². The van der Waals surface area contributed by atoms with Gasteiger partial charge in [0.15, 0.2) is 0 Å². The molecule has 0 spiro atoms. The van der Waals surface area contributed by atoms with E-state index < -0.39 is 0 Å². The molecule has 18 heavy (non-hydrogen) atoms. The fourth-order valence-corrected chi connectivity index (χ4v) is 2.25. The lowest BCUT2D eigenvalue weighted by atomic mass is 10.2. The zero-order valence-electron chi connectivity index (χ0n) is 9.87. The minimum absolute atomic E-state index is 0.721. The summed E-state index contributed by atoms with van der Waals surface area (Å²) in [5.41, 5.74) is 2.93. The van der Waals surface area contributed by atoms with Gasteiger partial charge in [-0.2, -0.15) is 0 Å². The van der Waals surface area contributed by atoms with Crippen molar-refractivity contribution in [3.8, 4) is 0 Å². The molecule has 0 aliphatic carbocycles. The third-order valence-corrected chi connectivity index (χ3v) is 2.94.